The molecule has 1 saturated carbocycles. The van der Waals surface area contributed by atoms with Gasteiger partial charge in [-0.3, -0.25) is 14.4 Å². The molecule has 21 heavy (non-hydrogen) atoms. The van der Waals surface area contributed by atoms with Crippen LogP contribution in [0.4, 0.5) is 0 Å². The van der Waals surface area contributed by atoms with Crippen molar-refractivity contribution in [2.45, 2.75) is 33.1 Å². The number of ether oxygens (including phenoxy) is 2. The molecule has 0 spiro atoms. The predicted molar refractivity (Wildman–Crippen MR) is 74.5 cm³/mol. The molecule has 1 aliphatic carbocycles. The van der Waals surface area contributed by atoms with E-state index in [4.69, 9.17) is 9.47 Å². The molecule has 0 aromatic heterocycles. The zero-order chi connectivity index (χ0) is 15.7. The van der Waals surface area contributed by atoms with Crippen LogP contribution in [0.15, 0.2) is 0 Å². The first-order valence-electron chi connectivity index (χ1n) is 7.51. The molecule has 2 fully saturated rings. The zero-order valence-corrected chi connectivity index (χ0v) is 12.9. The summed E-state index contributed by atoms with van der Waals surface area (Å²) in [5.74, 6) is -1.32. The molecule has 0 N–H and O–H groups in total. The molecule has 6 heteroatoms. The molecule has 6 nitrogen and oxygen atoms in total. The van der Waals surface area contributed by atoms with Gasteiger partial charge in [-0.15, -0.1) is 0 Å². The molecule has 2 bridgehead atoms. The molecule has 2 aliphatic rings. The number of fused-ring (bicyclic) bond motifs is 2. The lowest BCUT2D eigenvalue weighted by atomic mass is 9.58. The van der Waals surface area contributed by atoms with Crippen molar-refractivity contribution < 1.29 is 23.9 Å². The van der Waals surface area contributed by atoms with E-state index >= 15 is 0 Å². The minimum atomic E-state index is -1.21. The lowest BCUT2D eigenvalue weighted by molar-refractivity contribution is -0.184. The fourth-order valence-electron chi connectivity index (χ4n) is 3.71. The monoisotopic (exact) mass is 297 g/mol. The first-order valence-corrected chi connectivity index (χ1v) is 7.51. The van der Waals surface area contributed by atoms with Gasteiger partial charge in [0.25, 0.3) is 0 Å². The van der Waals surface area contributed by atoms with E-state index in [1.807, 2.05) is 11.9 Å². The predicted octanol–water partition coefficient (Wildman–Crippen LogP) is 0.784. The summed E-state index contributed by atoms with van der Waals surface area (Å²) in [5.41, 5.74) is -2.43. The molecule has 0 aromatic rings. The quantitative estimate of drug-likeness (QED) is 0.564. The summed E-state index contributed by atoms with van der Waals surface area (Å²) in [6.45, 7) is 4.51. The third-order valence-electron chi connectivity index (χ3n) is 4.49. The van der Waals surface area contributed by atoms with Gasteiger partial charge >= 0.3 is 11.9 Å². The maximum atomic E-state index is 13.0. The number of nitrogens with zero attached hydrogens (tertiary/aromatic N) is 1. The zero-order valence-electron chi connectivity index (χ0n) is 12.9. The molecule has 0 radical (unpaired) electrons. The second-order valence-corrected chi connectivity index (χ2v) is 5.96. The number of likely N-dealkylation sites (tertiary alicyclic amines) is 1. The fraction of sp³-hybridized carbons (Fsp3) is 0.800. The Morgan fingerprint density at radius 3 is 1.86 bits per heavy atom. The van der Waals surface area contributed by atoms with Gasteiger partial charge in [-0.25, -0.2) is 0 Å². The lowest BCUT2D eigenvalue weighted by Crippen LogP contribution is -2.67. The highest BCUT2D eigenvalue weighted by molar-refractivity contribution is 6.16. The van der Waals surface area contributed by atoms with E-state index in [0.29, 0.717) is 32.4 Å². The Labute approximate surface area is 124 Å². The molecule has 118 valence electrons. The van der Waals surface area contributed by atoms with Crippen LogP contribution in [0.1, 0.15) is 33.1 Å². The normalized spacial score (nSPS) is 32.6. The van der Waals surface area contributed by atoms with Crippen LogP contribution in [-0.4, -0.2) is 56.0 Å². The Hall–Kier alpha value is -1.43. The number of carbonyl (C=O) groups excluding carboxylic acids is 3. The molecule has 1 heterocycles. The van der Waals surface area contributed by atoms with Crippen LogP contribution < -0.4 is 0 Å². The van der Waals surface area contributed by atoms with Crippen LogP contribution in [0.2, 0.25) is 0 Å². The standard InChI is InChI=1S/C15H23NO5/c1-4-20-12(18)14-7-6-8-15(11(14)17,10-16(3)9-14)13(19)21-5-2/h4-10H2,1-3H3/t14-,15-/m0/s1. The van der Waals surface area contributed by atoms with Gasteiger partial charge < -0.3 is 14.4 Å². The number of rotatable bonds is 4. The van der Waals surface area contributed by atoms with Crippen LogP contribution in [0, 0.1) is 10.8 Å². The highest BCUT2D eigenvalue weighted by Crippen LogP contribution is 2.49. The topological polar surface area (TPSA) is 72.9 Å². The Morgan fingerprint density at radius 1 is 1.05 bits per heavy atom. The van der Waals surface area contributed by atoms with Crippen molar-refractivity contribution in [3.05, 3.63) is 0 Å². The summed E-state index contributed by atoms with van der Waals surface area (Å²) in [6.07, 6.45) is 1.53. The number of esters is 2. The highest BCUT2D eigenvalue weighted by Gasteiger charge is 2.65. The average molecular weight is 297 g/mol. The average Bonchev–Trinajstić information content (AvgIpc) is 2.41. The minimum Gasteiger partial charge on any atom is -0.465 e. The van der Waals surface area contributed by atoms with Crippen LogP contribution in [0.3, 0.4) is 0 Å². The summed E-state index contributed by atoms with van der Waals surface area (Å²) in [6, 6.07) is 0. The maximum absolute atomic E-state index is 13.0. The van der Waals surface area contributed by atoms with Gasteiger partial charge in [-0.2, -0.15) is 0 Å². The van der Waals surface area contributed by atoms with Gasteiger partial charge in [-0.05, 0) is 33.7 Å². The number of carbonyl (C=O) groups is 3. The molecule has 0 aromatic carbocycles. The second-order valence-electron chi connectivity index (χ2n) is 5.96. The third-order valence-corrected chi connectivity index (χ3v) is 4.49. The lowest BCUT2D eigenvalue weighted by Gasteiger charge is -2.50. The Balaban J connectivity index is 2.42. The Morgan fingerprint density at radius 2 is 1.48 bits per heavy atom. The van der Waals surface area contributed by atoms with E-state index in [1.165, 1.54) is 0 Å². The summed E-state index contributed by atoms with van der Waals surface area (Å²) >= 11 is 0. The van der Waals surface area contributed by atoms with Crippen LogP contribution in [0.25, 0.3) is 0 Å². The van der Waals surface area contributed by atoms with Crippen molar-refractivity contribution in [2.75, 3.05) is 33.4 Å². The second kappa shape index (κ2) is 5.75. The van der Waals surface area contributed by atoms with Crippen molar-refractivity contribution in [2.24, 2.45) is 10.8 Å². The van der Waals surface area contributed by atoms with Gasteiger partial charge in [-0.1, -0.05) is 6.42 Å². The molecular formula is C15H23NO5. The van der Waals surface area contributed by atoms with Crippen molar-refractivity contribution in [3.63, 3.8) is 0 Å². The van der Waals surface area contributed by atoms with Crippen molar-refractivity contribution >= 4 is 17.7 Å². The first-order chi connectivity index (χ1) is 9.93. The molecule has 1 saturated heterocycles. The first kappa shape index (κ1) is 15.9. The van der Waals surface area contributed by atoms with E-state index < -0.39 is 22.8 Å². The molecule has 0 amide bonds. The number of Topliss-reactive ketones (excluding diaryl/α,β-unsaturated/α-hetero) is 1. The Bertz CT molecular complexity index is 425. The van der Waals surface area contributed by atoms with Crippen molar-refractivity contribution in [1.82, 2.24) is 4.90 Å². The highest BCUT2D eigenvalue weighted by atomic mass is 16.5. The van der Waals surface area contributed by atoms with E-state index in [9.17, 15) is 14.4 Å². The number of ketones is 1. The van der Waals surface area contributed by atoms with E-state index in [2.05, 4.69) is 0 Å². The van der Waals surface area contributed by atoms with Crippen molar-refractivity contribution in [1.29, 1.82) is 0 Å². The summed E-state index contributed by atoms with van der Waals surface area (Å²) in [5, 5.41) is 0. The fourth-order valence-corrected chi connectivity index (χ4v) is 3.71. The van der Waals surface area contributed by atoms with Gasteiger partial charge in [0.2, 0.25) is 0 Å². The number of hydrogen-bond acceptors (Lipinski definition) is 6. The molecule has 0 unspecified atom stereocenters. The number of hydrogen-bond donors (Lipinski definition) is 0. The van der Waals surface area contributed by atoms with Gasteiger partial charge in [0.15, 0.2) is 5.78 Å². The van der Waals surface area contributed by atoms with E-state index in [1.54, 1.807) is 13.8 Å². The summed E-state index contributed by atoms with van der Waals surface area (Å²) in [7, 11) is 1.82. The summed E-state index contributed by atoms with van der Waals surface area (Å²) < 4.78 is 10.2. The largest absolute Gasteiger partial charge is 0.465 e. The van der Waals surface area contributed by atoms with Crippen LogP contribution >= 0.6 is 0 Å². The van der Waals surface area contributed by atoms with Crippen LogP contribution in [-0.2, 0) is 23.9 Å². The maximum Gasteiger partial charge on any atom is 0.320 e. The van der Waals surface area contributed by atoms with E-state index in [-0.39, 0.29) is 19.0 Å². The van der Waals surface area contributed by atoms with Gasteiger partial charge in [0.1, 0.15) is 10.8 Å². The molecule has 1 aliphatic heterocycles. The number of piperidine rings is 1. The molecule has 2 rings (SSSR count). The van der Waals surface area contributed by atoms with E-state index in [0.717, 1.165) is 0 Å². The molecule has 2 atom stereocenters. The Kier molecular flexibility index (Phi) is 4.37. The van der Waals surface area contributed by atoms with Crippen LogP contribution in [0.5, 0.6) is 0 Å². The smallest absolute Gasteiger partial charge is 0.320 e. The van der Waals surface area contributed by atoms with Gasteiger partial charge in [0, 0.05) is 13.1 Å². The minimum absolute atomic E-state index is 0.226. The SMILES string of the molecule is CCOC(=O)[C@@]12CCC[C@](C(=O)OCC)(CN(C)C1)C2=O. The van der Waals surface area contributed by atoms with Crippen molar-refractivity contribution in [3.8, 4) is 0 Å². The van der Waals surface area contributed by atoms with Gasteiger partial charge in [0.05, 0.1) is 13.2 Å². The summed E-state index contributed by atoms with van der Waals surface area (Å²) in [4.78, 5) is 39.6. The molecular weight excluding hydrogens is 274 g/mol. The third kappa shape index (κ3) is 2.35.